The number of aliphatic hydroxyl groups excluding tert-OH is 1. The third kappa shape index (κ3) is 4.05. The molecule has 1 fully saturated rings. The Morgan fingerprint density at radius 2 is 2.06 bits per heavy atom. The van der Waals surface area contributed by atoms with Gasteiger partial charge in [-0.15, -0.1) is 0 Å². The lowest BCUT2D eigenvalue weighted by Gasteiger charge is -2.26. The fourth-order valence-electron chi connectivity index (χ4n) is 4.41. The van der Waals surface area contributed by atoms with Crippen LogP contribution in [0.15, 0.2) is 42.7 Å². The maximum absolute atomic E-state index is 13.9. The van der Waals surface area contributed by atoms with E-state index < -0.39 is 5.82 Å². The Morgan fingerprint density at radius 3 is 2.71 bits per heavy atom. The van der Waals surface area contributed by atoms with E-state index in [1.165, 1.54) is 12.3 Å². The van der Waals surface area contributed by atoms with E-state index in [-0.39, 0.29) is 16.7 Å². The first kappa shape index (κ1) is 21.4. The Kier molecular flexibility index (Phi) is 6.03. The first-order valence-corrected chi connectivity index (χ1v) is 10.7. The minimum atomic E-state index is -0.476. The van der Waals surface area contributed by atoms with E-state index in [1.807, 2.05) is 12.1 Å². The predicted molar refractivity (Wildman–Crippen MR) is 123 cm³/mol. The summed E-state index contributed by atoms with van der Waals surface area (Å²) in [6, 6.07) is 8.46. The first-order valence-electron chi connectivity index (χ1n) is 10.3. The molecule has 4 rings (SSSR count). The van der Waals surface area contributed by atoms with Crippen molar-refractivity contribution in [2.45, 2.75) is 31.6 Å². The van der Waals surface area contributed by atoms with E-state index in [9.17, 15) is 9.50 Å². The molecule has 0 amide bonds. The molecule has 7 heteroatoms. The molecule has 1 saturated heterocycles. The van der Waals surface area contributed by atoms with E-state index in [1.54, 1.807) is 12.1 Å². The van der Waals surface area contributed by atoms with Crippen molar-refractivity contribution < 1.29 is 14.2 Å². The van der Waals surface area contributed by atoms with Gasteiger partial charge in [0.2, 0.25) is 0 Å². The van der Waals surface area contributed by atoms with Crippen LogP contribution in [-0.4, -0.2) is 29.1 Å². The number of nitrogens with two attached hydrogens (primary N) is 1. The van der Waals surface area contributed by atoms with Crippen LogP contribution in [0.3, 0.4) is 0 Å². The second-order valence-corrected chi connectivity index (χ2v) is 8.30. The summed E-state index contributed by atoms with van der Waals surface area (Å²) in [4.78, 5) is 0. The Bertz CT molecular complexity index is 1170. The summed E-state index contributed by atoms with van der Waals surface area (Å²) < 4.78 is 21.6. The second kappa shape index (κ2) is 8.73. The Morgan fingerprint density at radius 1 is 1.32 bits per heavy atom. The van der Waals surface area contributed by atoms with Crippen molar-refractivity contribution in [3.8, 4) is 5.69 Å². The van der Waals surface area contributed by atoms with Gasteiger partial charge in [-0.25, -0.2) is 4.39 Å². The molecular formula is C24H25ClFN3O2. The van der Waals surface area contributed by atoms with Crippen LogP contribution >= 0.6 is 11.6 Å². The molecule has 0 bridgehead atoms. The number of hydrogen-bond donors (Lipinski definition) is 3. The summed E-state index contributed by atoms with van der Waals surface area (Å²) in [5, 5.41) is 18.5. The maximum atomic E-state index is 13.9. The molecular weight excluding hydrogens is 417 g/mol. The number of halogens is 2. The molecule has 1 aliphatic rings. The van der Waals surface area contributed by atoms with Crippen LogP contribution in [0.2, 0.25) is 5.02 Å². The summed E-state index contributed by atoms with van der Waals surface area (Å²) >= 11 is 6.14. The monoisotopic (exact) mass is 441 g/mol. The van der Waals surface area contributed by atoms with E-state index in [4.69, 9.17) is 27.5 Å². The molecule has 2 heterocycles. The standard InChI is InChI=1S/C24H25ClFN3O2/c1-14(30)2-4-18-19-12-22(28)16(13-27)10-23(19)29(17-3-5-21(26)20(25)11-17)24(18)15-6-8-31-9-7-15/h3,5,10-13,15,27,30H,1-2,4,6-9,28H2. The second-order valence-electron chi connectivity index (χ2n) is 7.89. The molecule has 2 aromatic carbocycles. The average Bonchev–Trinajstić information content (AvgIpc) is 3.07. The number of nitrogens with one attached hydrogen (secondary N) is 1. The third-order valence-electron chi connectivity index (χ3n) is 5.91. The van der Waals surface area contributed by atoms with Gasteiger partial charge in [0.25, 0.3) is 0 Å². The number of rotatable bonds is 6. The van der Waals surface area contributed by atoms with E-state index in [0.717, 1.165) is 40.7 Å². The molecule has 5 nitrogen and oxygen atoms in total. The lowest BCUT2D eigenvalue weighted by atomic mass is 9.91. The SMILES string of the molecule is C=C(O)CCc1c(C2CCOCC2)n(-c2ccc(F)c(Cl)c2)c2cc(C=N)c(N)cc12. The molecule has 0 spiro atoms. The van der Waals surface area contributed by atoms with E-state index in [2.05, 4.69) is 11.1 Å². The lowest BCUT2D eigenvalue weighted by molar-refractivity contribution is 0.0840. The summed E-state index contributed by atoms with van der Waals surface area (Å²) in [5.41, 5.74) is 11.1. The van der Waals surface area contributed by atoms with Crippen LogP contribution in [0.5, 0.6) is 0 Å². The van der Waals surface area contributed by atoms with Crippen molar-refractivity contribution in [3.63, 3.8) is 0 Å². The maximum Gasteiger partial charge on any atom is 0.141 e. The van der Waals surface area contributed by atoms with E-state index in [0.29, 0.717) is 37.3 Å². The van der Waals surface area contributed by atoms with Gasteiger partial charge in [-0.05, 0) is 55.2 Å². The molecule has 162 valence electrons. The Balaban J connectivity index is 2.06. The normalized spacial score (nSPS) is 14.8. The minimum absolute atomic E-state index is 0.0466. The van der Waals surface area contributed by atoms with Crippen LogP contribution in [0.1, 0.15) is 42.0 Å². The van der Waals surface area contributed by atoms with Crippen LogP contribution in [0.25, 0.3) is 16.6 Å². The molecule has 0 aliphatic carbocycles. The number of allylic oxidation sites excluding steroid dienone is 1. The molecule has 0 unspecified atom stereocenters. The number of nitrogens with zero attached hydrogens (tertiary/aromatic N) is 1. The topological polar surface area (TPSA) is 84.3 Å². The van der Waals surface area contributed by atoms with Crippen LogP contribution in [0, 0.1) is 11.2 Å². The van der Waals surface area contributed by atoms with Gasteiger partial charge in [0.1, 0.15) is 5.82 Å². The molecule has 4 N–H and O–H groups in total. The number of ether oxygens (including phenoxy) is 1. The van der Waals surface area contributed by atoms with Crippen LogP contribution in [0.4, 0.5) is 10.1 Å². The van der Waals surface area contributed by atoms with Crippen molar-refractivity contribution in [3.05, 3.63) is 70.3 Å². The average molecular weight is 442 g/mol. The highest BCUT2D eigenvalue weighted by molar-refractivity contribution is 6.30. The number of benzene rings is 2. The highest BCUT2D eigenvalue weighted by Gasteiger charge is 2.27. The van der Waals surface area contributed by atoms with Crippen LogP contribution in [-0.2, 0) is 11.2 Å². The summed E-state index contributed by atoms with van der Waals surface area (Å²) in [6.07, 6.45) is 3.94. The van der Waals surface area contributed by atoms with Gasteiger partial charge in [-0.1, -0.05) is 18.2 Å². The highest BCUT2D eigenvalue weighted by Crippen LogP contribution is 2.40. The van der Waals surface area contributed by atoms with Crippen molar-refractivity contribution in [1.29, 1.82) is 5.41 Å². The fraction of sp³-hybridized carbons (Fsp3) is 0.292. The van der Waals surface area contributed by atoms with Gasteiger partial charge >= 0.3 is 0 Å². The Hall–Kier alpha value is -2.83. The smallest absolute Gasteiger partial charge is 0.141 e. The number of aliphatic hydroxyl groups is 1. The van der Waals surface area contributed by atoms with Crippen molar-refractivity contribution in [2.75, 3.05) is 18.9 Å². The van der Waals surface area contributed by atoms with Crippen molar-refractivity contribution in [1.82, 2.24) is 4.57 Å². The summed E-state index contributed by atoms with van der Waals surface area (Å²) in [5.74, 6) is -0.139. The van der Waals surface area contributed by atoms with E-state index >= 15 is 0 Å². The fourth-order valence-corrected chi connectivity index (χ4v) is 4.58. The molecule has 0 radical (unpaired) electrons. The molecule has 31 heavy (non-hydrogen) atoms. The Labute approximate surface area is 185 Å². The van der Waals surface area contributed by atoms with Crippen molar-refractivity contribution >= 4 is 34.4 Å². The minimum Gasteiger partial charge on any atom is -0.513 e. The van der Waals surface area contributed by atoms with Crippen LogP contribution < -0.4 is 5.73 Å². The van der Waals surface area contributed by atoms with Gasteiger partial charge in [-0.3, -0.25) is 0 Å². The number of aromatic nitrogens is 1. The van der Waals surface area contributed by atoms with Crippen molar-refractivity contribution in [2.24, 2.45) is 0 Å². The first-order chi connectivity index (χ1) is 14.9. The molecule has 1 aromatic heterocycles. The third-order valence-corrected chi connectivity index (χ3v) is 6.20. The molecule has 0 atom stereocenters. The van der Waals surface area contributed by atoms with Gasteiger partial charge in [0, 0.05) is 59.8 Å². The zero-order valence-electron chi connectivity index (χ0n) is 17.1. The molecule has 3 aromatic rings. The summed E-state index contributed by atoms with van der Waals surface area (Å²) in [6.45, 7) is 4.96. The summed E-state index contributed by atoms with van der Waals surface area (Å²) in [7, 11) is 0. The number of anilines is 1. The van der Waals surface area contributed by atoms with Gasteiger partial charge < -0.3 is 25.6 Å². The van der Waals surface area contributed by atoms with Gasteiger partial charge in [0.15, 0.2) is 0 Å². The molecule has 0 saturated carbocycles. The largest absolute Gasteiger partial charge is 0.513 e. The highest BCUT2D eigenvalue weighted by atomic mass is 35.5. The zero-order chi connectivity index (χ0) is 22.1. The number of aryl methyl sites for hydroxylation is 1. The molecule has 1 aliphatic heterocycles. The van der Waals surface area contributed by atoms with Gasteiger partial charge in [-0.2, -0.15) is 0 Å². The predicted octanol–water partition coefficient (Wildman–Crippen LogP) is 5.90. The van der Waals surface area contributed by atoms with Gasteiger partial charge in [0.05, 0.1) is 16.3 Å². The zero-order valence-corrected chi connectivity index (χ0v) is 17.9. The lowest BCUT2D eigenvalue weighted by Crippen LogP contribution is -2.18. The number of nitrogen functional groups attached to an aromatic ring is 1. The number of fused-ring (bicyclic) bond motifs is 1. The quantitative estimate of drug-likeness (QED) is 0.253. The number of hydrogen-bond acceptors (Lipinski definition) is 4.